The average molecular weight is 239 g/mol. The molecule has 4 heteroatoms. The van der Waals surface area contributed by atoms with Crippen molar-refractivity contribution in [3.8, 4) is 0 Å². The van der Waals surface area contributed by atoms with Crippen molar-refractivity contribution in [1.29, 1.82) is 0 Å². The number of amides is 1. The number of aliphatic hydroxyl groups is 1. The van der Waals surface area contributed by atoms with Crippen molar-refractivity contribution in [2.45, 2.75) is 32.8 Å². The highest BCUT2D eigenvalue weighted by Crippen LogP contribution is 2.23. The van der Waals surface area contributed by atoms with E-state index in [0.717, 1.165) is 29.8 Å². The summed E-state index contributed by atoms with van der Waals surface area (Å²) in [4.78, 5) is 16.2. The fourth-order valence-corrected chi connectivity index (χ4v) is 3.07. The van der Waals surface area contributed by atoms with E-state index in [4.69, 9.17) is 0 Å². The molecular formula is C12H17NO2S. The van der Waals surface area contributed by atoms with Gasteiger partial charge >= 0.3 is 0 Å². The van der Waals surface area contributed by atoms with E-state index in [2.05, 4.69) is 0 Å². The zero-order valence-electron chi connectivity index (χ0n) is 9.69. The third kappa shape index (κ3) is 2.28. The molecule has 3 nitrogen and oxygen atoms in total. The molecule has 1 N–H and O–H groups in total. The largest absolute Gasteiger partial charge is 0.391 e. The number of β-amino-alcohol motifs (C(OH)–C–C–N with tert-alkyl or cyclic N) is 1. The number of aliphatic hydroxyl groups excluding tert-OH is 1. The number of hydrogen-bond acceptors (Lipinski definition) is 3. The first kappa shape index (κ1) is 11.6. The monoisotopic (exact) mass is 239 g/mol. The number of thiophene rings is 1. The second kappa shape index (κ2) is 4.55. The summed E-state index contributed by atoms with van der Waals surface area (Å²) in [5, 5.41) is 9.56. The van der Waals surface area contributed by atoms with Gasteiger partial charge in [0.2, 0.25) is 0 Å². The third-order valence-corrected chi connectivity index (χ3v) is 3.92. The number of piperidine rings is 1. The molecule has 1 aliphatic rings. The van der Waals surface area contributed by atoms with Gasteiger partial charge in [0.25, 0.3) is 5.91 Å². The molecule has 0 bridgehead atoms. The molecule has 0 radical (unpaired) electrons. The predicted molar refractivity (Wildman–Crippen MR) is 64.9 cm³/mol. The van der Waals surface area contributed by atoms with Crippen LogP contribution in [0.4, 0.5) is 0 Å². The van der Waals surface area contributed by atoms with Gasteiger partial charge in [0.1, 0.15) is 0 Å². The molecule has 1 aliphatic heterocycles. The SMILES string of the molecule is Cc1cc(C(=O)N2CCC[C@H](O)C2)c(C)s1. The maximum atomic E-state index is 12.2. The quantitative estimate of drug-likeness (QED) is 0.814. The van der Waals surface area contributed by atoms with Crippen LogP contribution in [0.25, 0.3) is 0 Å². The number of nitrogens with zero attached hydrogens (tertiary/aromatic N) is 1. The molecule has 2 heterocycles. The maximum Gasteiger partial charge on any atom is 0.255 e. The zero-order chi connectivity index (χ0) is 11.7. The van der Waals surface area contributed by atoms with Crippen LogP contribution in [-0.4, -0.2) is 35.1 Å². The molecule has 88 valence electrons. The number of likely N-dealkylation sites (tertiary alicyclic amines) is 1. The second-order valence-electron chi connectivity index (χ2n) is 4.37. The molecule has 0 unspecified atom stereocenters. The number of carbonyl (C=O) groups is 1. The van der Waals surface area contributed by atoms with Crippen LogP contribution in [0, 0.1) is 13.8 Å². The van der Waals surface area contributed by atoms with Crippen LogP contribution in [0.5, 0.6) is 0 Å². The molecule has 1 saturated heterocycles. The predicted octanol–water partition coefficient (Wildman–Crippen LogP) is 1.96. The van der Waals surface area contributed by atoms with E-state index in [1.165, 1.54) is 4.88 Å². The first-order chi connectivity index (χ1) is 7.58. The average Bonchev–Trinajstić information content (AvgIpc) is 2.57. The summed E-state index contributed by atoms with van der Waals surface area (Å²) in [7, 11) is 0. The zero-order valence-corrected chi connectivity index (χ0v) is 10.5. The highest BCUT2D eigenvalue weighted by molar-refractivity contribution is 7.12. The topological polar surface area (TPSA) is 40.5 Å². The Bertz CT molecular complexity index is 400. The van der Waals surface area contributed by atoms with Gasteiger partial charge in [0.15, 0.2) is 0 Å². The van der Waals surface area contributed by atoms with E-state index in [9.17, 15) is 9.90 Å². The van der Waals surface area contributed by atoms with Crippen LogP contribution in [0.1, 0.15) is 33.0 Å². The molecule has 1 atom stereocenters. The number of hydrogen-bond donors (Lipinski definition) is 1. The summed E-state index contributed by atoms with van der Waals surface area (Å²) in [6.07, 6.45) is 1.36. The minimum atomic E-state index is -0.349. The summed E-state index contributed by atoms with van der Waals surface area (Å²) >= 11 is 1.65. The fraction of sp³-hybridized carbons (Fsp3) is 0.583. The third-order valence-electron chi connectivity index (χ3n) is 2.96. The Hall–Kier alpha value is -0.870. The van der Waals surface area contributed by atoms with Crippen molar-refractivity contribution in [3.63, 3.8) is 0 Å². The molecule has 0 aromatic carbocycles. The molecule has 2 rings (SSSR count). The van der Waals surface area contributed by atoms with Crippen LogP contribution in [0.2, 0.25) is 0 Å². The highest BCUT2D eigenvalue weighted by atomic mass is 32.1. The van der Waals surface area contributed by atoms with Gasteiger partial charge in [-0.25, -0.2) is 0 Å². The summed E-state index contributed by atoms with van der Waals surface area (Å²) in [5.41, 5.74) is 0.802. The number of rotatable bonds is 1. The van der Waals surface area contributed by atoms with Crippen molar-refractivity contribution in [1.82, 2.24) is 4.90 Å². The second-order valence-corrected chi connectivity index (χ2v) is 5.83. The van der Waals surface area contributed by atoms with Crippen molar-refractivity contribution >= 4 is 17.2 Å². The smallest absolute Gasteiger partial charge is 0.255 e. The Balaban J connectivity index is 2.15. The summed E-state index contributed by atoms with van der Waals surface area (Å²) in [6, 6.07) is 1.95. The normalized spacial score (nSPS) is 21.2. The summed E-state index contributed by atoms with van der Waals surface area (Å²) in [5.74, 6) is 0.0700. The van der Waals surface area contributed by atoms with Crippen LogP contribution in [0.15, 0.2) is 6.07 Å². The molecule has 1 fully saturated rings. The summed E-state index contributed by atoms with van der Waals surface area (Å²) in [6.45, 7) is 5.24. The molecule has 0 aliphatic carbocycles. The Morgan fingerprint density at radius 2 is 2.31 bits per heavy atom. The summed E-state index contributed by atoms with van der Waals surface area (Å²) < 4.78 is 0. The molecule has 16 heavy (non-hydrogen) atoms. The number of carbonyl (C=O) groups excluding carboxylic acids is 1. The standard InChI is InChI=1S/C12H17NO2S/c1-8-6-11(9(2)16-8)12(15)13-5-3-4-10(14)7-13/h6,10,14H,3-5,7H2,1-2H3/t10-/m0/s1. The molecular weight excluding hydrogens is 222 g/mol. The van der Waals surface area contributed by atoms with E-state index < -0.39 is 0 Å². The van der Waals surface area contributed by atoms with Crippen LogP contribution in [0.3, 0.4) is 0 Å². The molecule has 0 spiro atoms. The minimum Gasteiger partial charge on any atom is -0.391 e. The molecule has 1 aromatic heterocycles. The van der Waals surface area contributed by atoms with Gasteiger partial charge in [0, 0.05) is 22.8 Å². The molecule has 1 aromatic rings. The van der Waals surface area contributed by atoms with E-state index in [0.29, 0.717) is 6.54 Å². The van der Waals surface area contributed by atoms with Crippen molar-refractivity contribution in [2.24, 2.45) is 0 Å². The Morgan fingerprint density at radius 3 is 2.88 bits per heavy atom. The van der Waals surface area contributed by atoms with E-state index in [1.807, 2.05) is 19.9 Å². The van der Waals surface area contributed by atoms with Crippen LogP contribution >= 0.6 is 11.3 Å². The minimum absolute atomic E-state index is 0.0700. The van der Waals surface area contributed by atoms with Crippen molar-refractivity contribution in [3.05, 3.63) is 21.4 Å². The Kier molecular flexibility index (Phi) is 3.30. The fourth-order valence-electron chi connectivity index (χ4n) is 2.15. The van der Waals surface area contributed by atoms with Crippen molar-refractivity contribution < 1.29 is 9.90 Å². The number of aryl methyl sites for hydroxylation is 2. The molecule has 1 amide bonds. The van der Waals surface area contributed by atoms with E-state index in [-0.39, 0.29) is 12.0 Å². The van der Waals surface area contributed by atoms with E-state index in [1.54, 1.807) is 16.2 Å². The first-order valence-electron chi connectivity index (χ1n) is 5.62. The first-order valence-corrected chi connectivity index (χ1v) is 6.44. The van der Waals surface area contributed by atoms with E-state index >= 15 is 0 Å². The Morgan fingerprint density at radius 1 is 1.56 bits per heavy atom. The van der Waals surface area contributed by atoms with Gasteiger partial charge in [-0.15, -0.1) is 11.3 Å². The van der Waals surface area contributed by atoms with Crippen molar-refractivity contribution in [2.75, 3.05) is 13.1 Å². The van der Waals surface area contributed by atoms with Gasteiger partial charge in [-0.05, 0) is 32.8 Å². The van der Waals surface area contributed by atoms with Gasteiger partial charge in [-0.2, -0.15) is 0 Å². The lowest BCUT2D eigenvalue weighted by Crippen LogP contribution is -2.42. The maximum absolute atomic E-state index is 12.2. The lowest BCUT2D eigenvalue weighted by atomic mass is 10.1. The van der Waals surface area contributed by atoms with Gasteiger partial charge in [-0.1, -0.05) is 0 Å². The highest BCUT2D eigenvalue weighted by Gasteiger charge is 2.24. The van der Waals surface area contributed by atoms with Crippen LogP contribution in [-0.2, 0) is 0 Å². The van der Waals surface area contributed by atoms with Gasteiger partial charge < -0.3 is 10.0 Å². The van der Waals surface area contributed by atoms with Gasteiger partial charge in [-0.3, -0.25) is 4.79 Å². The van der Waals surface area contributed by atoms with Crippen LogP contribution < -0.4 is 0 Å². The Labute approximate surface area is 99.7 Å². The molecule has 0 saturated carbocycles. The lowest BCUT2D eigenvalue weighted by Gasteiger charge is -2.30. The lowest BCUT2D eigenvalue weighted by molar-refractivity contribution is 0.0473. The van der Waals surface area contributed by atoms with Gasteiger partial charge in [0.05, 0.1) is 11.7 Å².